The fourth-order valence-electron chi connectivity index (χ4n) is 3.44. The summed E-state index contributed by atoms with van der Waals surface area (Å²) in [5.74, 6) is -0.622. The molecule has 0 radical (unpaired) electrons. The molecule has 1 aliphatic carbocycles. The molecule has 2 atom stereocenters. The summed E-state index contributed by atoms with van der Waals surface area (Å²) in [7, 11) is -3.96. The molecule has 0 bridgehead atoms. The predicted molar refractivity (Wildman–Crippen MR) is 98.8 cm³/mol. The molecule has 158 valence electrons. The van der Waals surface area contributed by atoms with Crippen molar-refractivity contribution in [1.29, 1.82) is 5.26 Å². The van der Waals surface area contributed by atoms with Crippen molar-refractivity contribution >= 4 is 27.3 Å². The van der Waals surface area contributed by atoms with Crippen LogP contribution in [0.4, 0.5) is 13.2 Å². The second kappa shape index (κ2) is 7.78. The number of amides is 1. The standard InChI is InChI=1S/C18H19ClF3N3O3S/c19-13-3-1-2-4-15(13)29(27,28)12-9-14(16(26)24-17(11-23)5-6-17)25(10-12)8-7-18(20,21)22/h1-4,12,14H,5-10H2,(H,24,26). The Balaban J connectivity index is 1.83. The number of carbonyl (C=O) groups excluding carboxylic acids is 1. The molecule has 2 fully saturated rings. The van der Waals surface area contributed by atoms with Gasteiger partial charge in [0.05, 0.1) is 33.7 Å². The first-order valence-corrected chi connectivity index (χ1v) is 10.9. The maximum atomic E-state index is 13.0. The zero-order valence-corrected chi connectivity index (χ0v) is 16.8. The number of hydrogen-bond donors (Lipinski definition) is 1. The monoisotopic (exact) mass is 449 g/mol. The highest BCUT2D eigenvalue weighted by molar-refractivity contribution is 7.92. The SMILES string of the molecule is N#CC1(NC(=O)C2CC(S(=O)(=O)c3ccccc3Cl)CN2CCC(F)(F)F)CC1. The summed E-state index contributed by atoms with van der Waals surface area (Å²) >= 11 is 6.00. The van der Waals surface area contributed by atoms with Crippen LogP contribution < -0.4 is 5.32 Å². The average molecular weight is 450 g/mol. The van der Waals surface area contributed by atoms with E-state index < -0.39 is 51.7 Å². The molecule has 1 amide bonds. The third-order valence-corrected chi connectivity index (χ3v) is 7.89. The van der Waals surface area contributed by atoms with E-state index in [9.17, 15) is 26.4 Å². The summed E-state index contributed by atoms with van der Waals surface area (Å²) < 4.78 is 64.2. The summed E-state index contributed by atoms with van der Waals surface area (Å²) in [5.41, 5.74) is -0.994. The molecule has 1 aliphatic heterocycles. The van der Waals surface area contributed by atoms with Gasteiger partial charge in [-0.05, 0) is 31.4 Å². The van der Waals surface area contributed by atoms with Crippen LogP contribution in [0.25, 0.3) is 0 Å². The molecule has 6 nitrogen and oxygen atoms in total. The van der Waals surface area contributed by atoms with E-state index in [4.69, 9.17) is 16.9 Å². The number of sulfone groups is 1. The van der Waals surface area contributed by atoms with Crippen molar-refractivity contribution < 1.29 is 26.4 Å². The van der Waals surface area contributed by atoms with Gasteiger partial charge in [-0.15, -0.1) is 0 Å². The lowest BCUT2D eigenvalue weighted by Gasteiger charge is -2.24. The highest BCUT2D eigenvalue weighted by Crippen LogP contribution is 2.36. The van der Waals surface area contributed by atoms with E-state index >= 15 is 0 Å². The molecule has 1 aromatic rings. The number of benzene rings is 1. The number of carbonyl (C=O) groups is 1. The van der Waals surface area contributed by atoms with E-state index in [-0.39, 0.29) is 22.9 Å². The molecule has 1 saturated heterocycles. The lowest BCUT2D eigenvalue weighted by Crippen LogP contribution is -2.48. The van der Waals surface area contributed by atoms with E-state index in [1.165, 1.54) is 23.1 Å². The second-order valence-electron chi connectivity index (χ2n) is 7.39. The Labute approximate surface area is 171 Å². The van der Waals surface area contributed by atoms with Gasteiger partial charge in [-0.2, -0.15) is 18.4 Å². The molecule has 1 aromatic carbocycles. The summed E-state index contributed by atoms with van der Waals surface area (Å²) in [6, 6.07) is 6.74. The molecule has 1 heterocycles. The Kier molecular flexibility index (Phi) is 5.87. The zero-order valence-electron chi connectivity index (χ0n) is 15.2. The first kappa shape index (κ1) is 21.9. The van der Waals surface area contributed by atoms with Crippen LogP contribution >= 0.6 is 11.6 Å². The molecule has 2 aliphatic rings. The van der Waals surface area contributed by atoms with Gasteiger partial charge in [0.15, 0.2) is 9.84 Å². The van der Waals surface area contributed by atoms with Gasteiger partial charge in [-0.1, -0.05) is 23.7 Å². The molecule has 2 unspecified atom stereocenters. The maximum Gasteiger partial charge on any atom is 0.390 e. The van der Waals surface area contributed by atoms with E-state index in [0.717, 1.165) is 0 Å². The van der Waals surface area contributed by atoms with Gasteiger partial charge in [0.25, 0.3) is 0 Å². The number of hydrogen-bond acceptors (Lipinski definition) is 5. The molecule has 0 aromatic heterocycles. The number of nitrogens with zero attached hydrogens (tertiary/aromatic N) is 2. The number of likely N-dealkylation sites (tertiary alicyclic amines) is 1. The topological polar surface area (TPSA) is 90.3 Å². The van der Waals surface area contributed by atoms with Gasteiger partial charge in [0.1, 0.15) is 5.54 Å². The van der Waals surface area contributed by atoms with Crippen molar-refractivity contribution in [2.24, 2.45) is 0 Å². The average Bonchev–Trinajstić information content (AvgIpc) is 3.26. The fourth-order valence-corrected chi connectivity index (χ4v) is 5.69. The molecular weight excluding hydrogens is 431 g/mol. The van der Waals surface area contributed by atoms with Crippen LogP contribution in [0.2, 0.25) is 5.02 Å². The van der Waals surface area contributed by atoms with Crippen LogP contribution in [-0.2, 0) is 14.6 Å². The largest absolute Gasteiger partial charge is 0.390 e. The highest BCUT2D eigenvalue weighted by atomic mass is 35.5. The van der Waals surface area contributed by atoms with Crippen molar-refractivity contribution in [3.63, 3.8) is 0 Å². The number of halogens is 4. The molecule has 0 spiro atoms. The van der Waals surface area contributed by atoms with Gasteiger partial charge >= 0.3 is 6.18 Å². The smallest absolute Gasteiger partial charge is 0.336 e. The summed E-state index contributed by atoms with van der Waals surface area (Å²) in [6.45, 7) is -0.725. The second-order valence-corrected chi connectivity index (χ2v) is 10.00. The Morgan fingerprint density at radius 3 is 2.55 bits per heavy atom. The van der Waals surface area contributed by atoms with E-state index in [0.29, 0.717) is 12.8 Å². The molecule has 11 heteroatoms. The molecule has 1 N–H and O–H groups in total. The summed E-state index contributed by atoms with van der Waals surface area (Å²) in [6.07, 6.45) is -4.85. The molecule has 29 heavy (non-hydrogen) atoms. The van der Waals surface area contributed by atoms with Crippen molar-refractivity contribution in [1.82, 2.24) is 10.2 Å². The number of nitrogens with one attached hydrogen (secondary N) is 1. The minimum Gasteiger partial charge on any atom is -0.336 e. The van der Waals surface area contributed by atoms with Gasteiger partial charge < -0.3 is 5.32 Å². The van der Waals surface area contributed by atoms with Crippen molar-refractivity contribution in [3.05, 3.63) is 29.3 Å². The number of alkyl halides is 3. The Morgan fingerprint density at radius 1 is 1.34 bits per heavy atom. The van der Waals surface area contributed by atoms with E-state index in [1.54, 1.807) is 6.07 Å². The minimum atomic E-state index is -4.44. The van der Waals surface area contributed by atoms with Crippen LogP contribution in [0.1, 0.15) is 25.7 Å². The Morgan fingerprint density at radius 2 is 2.00 bits per heavy atom. The zero-order chi connectivity index (χ0) is 21.4. The highest BCUT2D eigenvalue weighted by Gasteiger charge is 2.49. The maximum absolute atomic E-state index is 13.0. The third kappa shape index (κ3) is 4.85. The van der Waals surface area contributed by atoms with Gasteiger partial charge in [-0.3, -0.25) is 9.69 Å². The van der Waals surface area contributed by atoms with E-state index in [1.807, 2.05) is 6.07 Å². The van der Waals surface area contributed by atoms with Crippen LogP contribution in [0.3, 0.4) is 0 Å². The van der Waals surface area contributed by atoms with Crippen LogP contribution in [-0.4, -0.2) is 55.3 Å². The quantitative estimate of drug-likeness (QED) is 0.721. The normalized spacial score (nSPS) is 24.1. The minimum absolute atomic E-state index is 0.0173. The van der Waals surface area contributed by atoms with Gasteiger partial charge in [-0.25, -0.2) is 8.42 Å². The first-order valence-electron chi connectivity index (χ1n) is 9.00. The van der Waals surface area contributed by atoms with Crippen LogP contribution in [0.5, 0.6) is 0 Å². The van der Waals surface area contributed by atoms with E-state index in [2.05, 4.69) is 5.32 Å². The molecule has 1 saturated carbocycles. The Bertz CT molecular complexity index is 942. The summed E-state index contributed by atoms with van der Waals surface area (Å²) in [5, 5.41) is 10.6. The van der Waals surface area contributed by atoms with Crippen molar-refractivity contribution in [2.45, 2.75) is 53.6 Å². The molecule has 3 rings (SSSR count). The third-order valence-electron chi connectivity index (χ3n) is 5.26. The first-order chi connectivity index (χ1) is 13.5. The molecular formula is C18H19ClF3N3O3S. The number of rotatable bonds is 6. The van der Waals surface area contributed by atoms with Crippen molar-refractivity contribution in [2.75, 3.05) is 13.1 Å². The lowest BCUT2D eigenvalue weighted by molar-refractivity contribution is -0.141. The lowest BCUT2D eigenvalue weighted by atomic mass is 10.1. The summed E-state index contributed by atoms with van der Waals surface area (Å²) in [4.78, 5) is 13.8. The van der Waals surface area contributed by atoms with Gasteiger partial charge in [0.2, 0.25) is 5.91 Å². The van der Waals surface area contributed by atoms with Crippen LogP contribution in [0.15, 0.2) is 29.2 Å². The van der Waals surface area contributed by atoms with Crippen molar-refractivity contribution in [3.8, 4) is 6.07 Å². The fraction of sp³-hybridized carbons (Fsp3) is 0.556. The van der Waals surface area contributed by atoms with Crippen LogP contribution in [0, 0.1) is 11.3 Å². The van der Waals surface area contributed by atoms with Gasteiger partial charge in [0, 0.05) is 13.1 Å². The Hall–Kier alpha value is -1.83. The number of nitriles is 1. The predicted octanol–water partition coefficient (Wildman–Crippen LogP) is 2.68.